The number of ether oxygens (including phenoxy) is 1. The zero-order chi connectivity index (χ0) is 23.1. The maximum Gasteiger partial charge on any atom is 0.270 e. The molecule has 0 saturated carbocycles. The molecule has 3 aromatic rings. The number of benzene rings is 3. The average Bonchev–Trinajstić information content (AvgIpc) is 2.79. The highest BCUT2D eigenvalue weighted by atomic mass is 32.2. The van der Waals surface area contributed by atoms with Gasteiger partial charge in [0.25, 0.3) is 10.0 Å². The Bertz CT molecular complexity index is 1160. The highest BCUT2D eigenvalue weighted by Gasteiger charge is 2.30. The SMILES string of the molecule is CCc1ccc(N(C(=O)CCCOc2ccc(C)cc2C)S(=O)(=O)c2ccccc2)cc1. The molecule has 168 valence electrons. The van der Waals surface area contributed by atoms with Crippen molar-refractivity contribution in [1.82, 2.24) is 0 Å². The third-order valence-electron chi connectivity index (χ3n) is 5.21. The molecule has 0 atom stereocenters. The van der Waals surface area contributed by atoms with E-state index in [0.29, 0.717) is 18.7 Å². The molecule has 0 aliphatic rings. The summed E-state index contributed by atoms with van der Waals surface area (Å²) in [6, 6.07) is 21.0. The number of anilines is 1. The molecule has 0 bridgehead atoms. The standard InChI is InChI=1S/C26H29NO4S/c1-4-22-13-15-23(16-14-22)27(32(29,30)24-9-6-5-7-10-24)26(28)11-8-18-31-25-17-12-20(2)19-21(25)3/h5-7,9-10,12-17,19H,4,8,11,18H2,1-3H3. The minimum atomic E-state index is -4.03. The van der Waals surface area contributed by atoms with Crippen LogP contribution in [0.3, 0.4) is 0 Å². The molecule has 3 aromatic carbocycles. The quantitative estimate of drug-likeness (QED) is 0.406. The van der Waals surface area contributed by atoms with E-state index >= 15 is 0 Å². The summed E-state index contributed by atoms with van der Waals surface area (Å²) in [6.45, 7) is 6.34. The summed E-state index contributed by atoms with van der Waals surface area (Å²) in [5.74, 6) is 0.286. The smallest absolute Gasteiger partial charge is 0.270 e. The molecule has 0 aliphatic heterocycles. The molecule has 0 aliphatic carbocycles. The van der Waals surface area contributed by atoms with E-state index in [4.69, 9.17) is 4.74 Å². The van der Waals surface area contributed by atoms with Crippen molar-refractivity contribution in [3.8, 4) is 5.75 Å². The molecule has 0 fully saturated rings. The van der Waals surface area contributed by atoms with Crippen molar-refractivity contribution >= 4 is 21.6 Å². The Balaban J connectivity index is 1.77. The van der Waals surface area contributed by atoms with Gasteiger partial charge in [0.05, 0.1) is 17.2 Å². The van der Waals surface area contributed by atoms with Crippen molar-refractivity contribution in [2.75, 3.05) is 10.9 Å². The lowest BCUT2D eigenvalue weighted by atomic mass is 10.1. The van der Waals surface area contributed by atoms with Gasteiger partial charge >= 0.3 is 0 Å². The van der Waals surface area contributed by atoms with Crippen LogP contribution in [0.1, 0.15) is 36.5 Å². The molecule has 1 amide bonds. The first-order valence-corrected chi connectivity index (χ1v) is 12.2. The summed E-state index contributed by atoms with van der Waals surface area (Å²) in [5, 5.41) is 0. The Hall–Kier alpha value is -3.12. The Kier molecular flexibility index (Phi) is 7.70. The predicted octanol–water partition coefficient (Wildman–Crippen LogP) is 5.45. The second-order valence-corrected chi connectivity index (χ2v) is 9.50. The zero-order valence-electron chi connectivity index (χ0n) is 18.7. The molecule has 0 spiro atoms. The van der Waals surface area contributed by atoms with E-state index in [1.54, 1.807) is 30.3 Å². The van der Waals surface area contributed by atoms with Crippen molar-refractivity contribution in [3.63, 3.8) is 0 Å². The van der Waals surface area contributed by atoms with Crippen molar-refractivity contribution in [1.29, 1.82) is 0 Å². The van der Waals surface area contributed by atoms with Crippen LogP contribution in [0, 0.1) is 13.8 Å². The van der Waals surface area contributed by atoms with Crippen LogP contribution in [0.4, 0.5) is 5.69 Å². The van der Waals surface area contributed by atoms with E-state index in [9.17, 15) is 13.2 Å². The van der Waals surface area contributed by atoms with Gasteiger partial charge in [-0.05, 0) is 68.1 Å². The minimum Gasteiger partial charge on any atom is -0.493 e. The number of amides is 1. The number of hydrogen-bond donors (Lipinski definition) is 0. The van der Waals surface area contributed by atoms with Crippen LogP contribution in [-0.4, -0.2) is 20.9 Å². The molecule has 5 nitrogen and oxygen atoms in total. The highest BCUT2D eigenvalue weighted by molar-refractivity contribution is 7.93. The summed E-state index contributed by atoms with van der Waals surface area (Å²) >= 11 is 0. The number of carbonyl (C=O) groups excluding carboxylic acids is 1. The molecule has 0 N–H and O–H groups in total. The van der Waals surface area contributed by atoms with E-state index in [-0.39, 0.29) is 11.3 Å². The Morgan fingerprint density at radius 2 is 1.62 bits per heavy atom. The molecule has 32 heavy (non-hydrogen) atoms. The first kappa shape index (κ1) is 23.5. The van der Waals surface area contributed by atoms with Crippen molar-refractivity contribution in [3.05, 3.63) is 89.5 Å². The minimum absolute atomic E-state index is 0.0481. The average molecular weight is 452 g/mol. The van der Waals surface area contributed by atoms with Gasteiger partial charge in [0, 0.05) is 6.42 Å². The monoisotopic (exact) mass is 451 g/mol. The molecule has 0 saturated heterocycles. The number of aryl methyl sites for hydroxylation is 3. The normalized spacial score (nSPS) is 11.2. The van der Waals surface area contributed by atoms with Gasteiger partial charge in [-0.15, -0.1) is 0 Å². The maximum atomic E-state index is 13.3. The van der Waals surface area contributed by atoms with Gasteiger partial charge < -0.3 is 4.74 Å². The lowest BCUT2D eigenvalue weighted by Gasteiger charge is -2.23. The van der Waals surface area contributed by atoms with Gasteiger partial charge in [0.1, 0.15) is 5.75 Å². The van der Waals surface area contributed by atoms with Gasteiger partial charge in [0.15, 0.2) is 0 Å². The highest BCUT2D eigenvalue weighted by Crippen LogP contribution is 2.26. The number of sulfonamides is 1. The van der Waals surface area contributed by atoms with Gasteiger partial charge in [-0.25, -0.2) is 12.7 Å². The number of nitrogens with zero attached hydrogens (tertiary/aromatic N) is 1. The van der Waals surface area contributed by atoms with Crippen LogP contribution >= 0.6 is 0 Å². The molecular formula is C26H29NO4S. The summed E-state index contributed by atoms with van der Waals surface area (Å²) in [7, 11) is -4.03. The predicted molar refractivity (Wildman–Crippen MR) is 128 cm³/mol. The van der Waals surface area contributed by atoms with Gasteiger partial charge in [-0.2, -0.15) is 0 Å². The first-order valence-electron chi connectivity index (χ1n) is 10.7. The fourth-order valence-electron chi connectivity index (χ4n) is 3.45. The third kappa shape index (κ3) is 5.56. The van der Waals surface area contributed by atoms with Crippen LogP contribution < -0.4 is 9.04 Å². The second-order valence-electron chi connectivity index (χ2n) is 7.72. The summed E-state index contributed by atoms with van der Waals surface area (Å²) in [4.78, 5) is 13.2. The van der Waals surface area contributed by atoms with Crippen molar-refractivity contribution in [2.24, 2.45) is 0 Å². The van der Waals surface area contributed by atoms with Crippen LogP contribution in [0.15, 0.2) is 77.7 Å². The molecule has 6 heteroatoms. The van der Waals surface area contributed by atoms with E-state index in [0.717, 1.165) is 33.2 Å². The van der Waals surface area contributed by atoms with Crippen LogP contribution in [0.5, 0.6) is 5.75 Å². The fraction of sp³-hybridized carbons (Fsp3) is 0.269. The lowest BCUT2D eigenvalue weighted by molar-refractivity contribution is -0.117. The molecule has 0 unspecified atom stereocenters. The van der Waals surface area contributed by atoms with Crippen LogP contribution in [0.2, 0.25) is 0 Å². The fourth-order valence-corrected chi connectivity index (χ4v) is 4.92. The van der Waals surface area contributed by atoms with E-state index in [1.165, 1.54) is 12.1 Å². The number of carbonyl (C=O) groups is 1. The molecular weight excluding hydrogens is 422 g/mol. The van der Waals surface area contributed by atoms with Crippen molar-refractivity contribution < 1.29 is 17.9 Å². The number of hydrogen-bond acceptors (Lipinski definition) is 4. The second kappa shape index (κ2) is 10.5. The zero-order valence-corrected chi connectivity index (χ0v) is 19.6. The molecule has 0 heterocycles. The Morgan fingerprint density at radius 1 is 0.938 bits per heavy atom. The van der Waals surface area contributed by atoms with Crippen LogP contribution in [-0.2, 0) is 21.2 Å². The summed E-state index contributed by atoms with van der Waals surface area (Å²) < 4.78 is 33.4. The third-order valence-corrected chi connectivity index (χ3v) is 6.97. The lowest BCUT2D eigenvalue weighted by Crippen LogP contribution is -2.37. The first-order chi connectivity index (χ1) is 15.3. The van der Waals surface area contributed by atoms with Crippen molar-refractivity contribution in [2.45, 2.75) is 44.9 Å². The van der Waals surface area contributed by atoms with E-state index in [2.05, 4.69) is 0 Å². The molecule has 0 aromatic heterocycles. The molecule has 0 radical (unpaired) electrons. The number of rotatable bonds is 9. The van der Waals surface area contributed by atoms with Gasteiger partial charge in [0.2, 0.25) is 5.91 Å². The maximum absolute atomic E-state index is 13.3. The van der Waals surface area contributed by atoms with E-state index in [1.807, 2.05) is 51.1 Å². The Labute approximate surface area is 190 Å². The Morgan fingerprint density at radius 3 is 2.25 bits per heavy atom. The summed E-state index contributed by atoms with van der Waals surface area (Å²) in [5.41, 5.74) is 3.59. The van der Waals surface area contributed by atoms with Gasteiger partial charge in [-0.1, -0.05) is 55.0 Å². The summed E-state index contributed by atoms with van der Waals surface area (Å²) in [6.07, 6.45) is 1.28. The largest absolute Gasteiger partial charge is 0.493 e. The molecule has 3 rings (SSSR count). The van der Waals surface area contributed by atoms with Crippen LogP contribution in [0.25, 0.3) is 0 Å². The van der Waals surface area contributed by atoms with Gasteiger partial charge in [-0.3, -0.25) is 4.79 Å². The van der Waals surface area contributed by atoms with E-state index < -0.39 is 15.9 Å². The topological polar surface area (TPSA) is 63.7 Å².